The Labute approximate surface area is 105 Å². The Kier molecular flexibility index (Phi) is 2.69. The summed E-state index contributed by atoms with van der Waals surface area (Å²) < 4.78 is 36.2. The van der Waals surface area contributed by atoms with Gasteiger partial charge in [-0.2, -0.15) is 4.31 Å². The molecule has 18 heavy (non-hydrogen) atoms. The molecule has 0 radical (unpaired) electrons. The predicted molar refractivity (Wildman–Crippen MR) is 61.9 cm³/mol. The third kappa shape index (κ3) is 1.84. The molecule has 1 aromatic rings. The van der Waals surface area contributed by atoms with Crippen molar-refractivity contribution in [3.8, 4) is 11.5 Å². The van der Waals surface area contributed by atoms with Gasteiger partial charge in [-0.15, -0.1) is 0 Å². The molecule has 6 nitrogen and oxygen atoms in total. The molecular weight excluding hydrogens is 258 g/mol. The molecule has 1 aromatic carbocycles. The van der Waals surface area contributed by atoms with E-state index in [0.717, 1.165) is 0 Å². The zero-order chi connectivity index (χ0) is 12.8. The topological polar surface area (TPSA) is 76.1 Å². The Balaban J connectivity index is 1.94. The van der Waals surface area contributed by atoms with Crippen LogP contribution in [0.15, 0.2) is 23.1 Å². The number of benzene rings is 1. The molecule has 1 atom stereocenters. The van der Waals surface area contributed by atoms with Crippen molar-refractivity contribution in [1.29, 1.82) is 0 Å². The minimum Gasteiger partial charge on any atom is -0.454 e. The molecule has 0 amide bonds. The van der Waals surface area contributed by atoms with Crippen LogP contribution in [0.3, 0.4) is 0 Å². The lowest BCUT2D eigenvalue weighted by Crippen LogP contribution is -2.29. The molecule has 1 unspecified atom stereocenters. The second kappa shape index (κ2) is 4.11. The summed E-state index contributed by atoms with van der Waals surface area (Å²) in [6.07, 6.45) is -0.0992. The Morgan fingerprint density at radius 3 is 2.78 bits per heavy atom. The zero-order valence-electron chi connectivity index (χ0n) is 9.57. The molecule has 1 fully saturated rings. The van der Waals surface area contributed by atoms with Crippen LogP contribution in [0.2, 0.25) is 0 Å². The van der Waals surface area contributed by atoms with Crippen molar-refractivity contribution in [2.24, 2.45) is 0 Å². The van der Waals surface area contributed by atoms with E-state index in [9.17, 15) is 13.5 Å². The van der Waals surface area contributed by atoms with Gasteiger partial charge in [0.2, 0.25) is 16.8 Å². The van der Waals surface area contributed by atoms with Gasteiger partial charge in [-0.1, -0.05) is 0 Å². The fourth-order valence-electron chi connectivity index (χ4n) is 2.12. The molecule has 0 spiro atoms. The van der Waals surface area contributed by atoms with Gasteiger partial charge in [0, 0.05) is 19.2 Å². The van der Waals surface area contributed by atoms with Gasteiger partial charge in [0.25, 0.3) is 0 Å². The van der Waals surface area contributed by atoms with Crippen molar-refractivity contribution in [1.82, 2.24) is 4.31 Å². The van der Waals surface area contributed by atoms with Crippen molar-refractivity contribution < 1.29 is 23.0 Å². The summed E-state index contributed by atoms with van der Waals surface area (Å²) in [6, 6.07) is 4.54. The van der Waals surface area contributed by atoms with Crippen molar-refractivity contribution in [3.63, 3.8) is 0 Å². The number of aliphatic hydroxyl groups is 1. The number of sulfonamides is 1. The number of rotatable bonds is 2. The third-order valence-corrected chi connectivity index (χ3v) is 4.97. The molecule has 1 saturated heterocycles. The van der Waals surface area contributed by atoms with Crippen LogP contribution in [0.25, 0.3) is 0 Å². The molecule has 7 heteroatoms. The molecule has 3 rings (SSSR count). The largest absolute Gasteiger partial charge is 0.454 e. The van der Waals surface area contributed by atoms with Crippen LogP contribution in [0.4, 0.5) is 0 Å². The predicted octanol–water partition coefficient (Wildman–Crippen LogP) is 0.171. The summed E-state index contributed by atoms with van der Waals surface area (Å²) >= 11 is 0. The second-order valence-electron chi connectivity index (χ2n) is 4.32. The summed E-state index contributed by atoms with van der Waals surface area (Å²) in [5.74, 6) is 0.992. The van der Waals surface area contributed by atoms with E-state index >= 15 is 0 Å². The van der Waals surface area contributed by atoms with Crippen LogP contribution in [0, 0.1) is 0 Å². The van der Waals surface area contributed by atoms with Crippen LogP contribution in [0.5, 0.6) is 11.5 Å². The van der Waals surface area contributed by atoms with E-state index in [4.69, 9.17) is 9.47 Å². The average molecular weight is 271 g/mol. The maximum Gasteiger partial charge on any atom is 0.243 e. The van der Waals surface area contributed by atoms with Gasteiger partial charge in [-0.25, -0.2) is 8.42 Å². The van der Waals surface area contributed by atoms with Gasteiger partial charge in [0.05, 0.1) is 11.0 Å². The number of hydrogen-bond acceptors (Lipinski definition) is 5. The van der Waals surface area contributed by atoms with Gasteiger partial charge in [0.1, 0.15) is 0 Å². The molecule has 1 N–H and O–H groups in total. The first-order valence-corrected chi connectivity index (χ1v) is 7.09. The number of β-amino-alcohol motifs (C(OH)–C–C–N with tert-alkyl or cyclic N) is 1. The number of fused-ring (bicyclic) bond motifs is 1. The first-order valence-electron chi connectivity index (χ1n) is 5.65. The lowest BCUT2D eigenvalue weighted by Gasteiger charge is -2.15. The maximum atomic E-state index is 12.3. The normalized spacial score (nSPS) is 23.5. The lowest BCUT2D eigenvalue weighted by molar-refractivity contribution is 0.174. The van der Waals surface area contributed by atoms with Crippen molar-refractivity contribution in [2.75, 3.05) is 19.9 Å². The van der Waals surface area contributed by atoms with Crippen LogP contribution in [-0.4, -0.2) is 43.8 Å². The SMILES string of the molecule is O=S(=O)(c1ccc2c(c1)OCO2)N1CCC(O)C1. The highest BCUT2D eigenvalue weighted by Crippen LogP contribution is 2.35. The summed E-state index contributed by atoms with van der Waals surface area (Å²) in [4.78, 5) is 0.167. The summed E-state index contributed by atoms with van der Waals surface area (Å²) in [5, 5.41) is 9.41. The van der Waals surface area contributed by atoms with Crippen LogP contribution in [0.1, 0.15) is 6.42 Å². The molecule has 0 saturated carbocycles. The number of nitrogens with zero attached hydrogens (tertiary/aromatic N) is 1. The maximum absolute atomic E-state index is 12.3. The van der Waals surface area contributed by atoms with Gasteiger partial charge in [-0.05, 0) is 18.6 Å². The second-order valence-corrected chi connectivity index (χ2v) is 6.26. The van der Waals surface area contributed by atoms with E-state index in [2.05, 4.69) is 0 Å². The molecule has 0 aromatic heterocycles. The zero-order valence-corrected chi connectivity index (χ0v) is 10.4. The van der Waals surface area contributed by atoms with Crippen molar-refractivity contribution >= 4 is 10.0 Å². The molecule has 0 aliphatic carbocycles. The molecular formula is C11H13NO5S. The molecule has 2 heterocycles. The van der Waals surface area contributed by atoms with Gasteiger partial charge in [-0.3, -0.25) is 0 Å². The summed E-state index contributed by atoms with van der Waals surface area (Å²) in [6.45, 7) is 0.607. The Bertz CT molecular complexity index is 571. The van der Waals surface area contributed by atoms with E-state index in [1.54, 1.807) is 6.07 Å². The highest BCUT2D eigenvalue weighted by Gasteiger charge is 2.32. The van der Waals surface area contributed by atoms with E-state index in [0.29, 0.717) is 24.5 Å². The first-order chi connectivity index (χ1) is 8.57. The van der Waals surface area contributed by atoms with Crippen molar-refractivity contribution in [2.45, 2.75) is 17.4 Å². The van der Waals surface area contributed by atoms with E-state index in [1.807, 2.05) is 0 Å². The number of hydrogen-bond donors (Lipinski definition) is 1. The fraction of sp³-hybridized carbons (Fsp3) is 0.455. The molecule has 98 valence electrons. The Morgan fingerprint density at radius 2 is 2.06 bits per heavy atom. The average Bonchev–Trinajstić information content (AvgIpc) is 2.96. The van der Waals surface area contributed by atoms with Crippen LogP contribution >= 0.6 is 0 Å². The Morgan fingerprint density at radius 1 is 1.28 bits per heavy atom. The molecule has 0 bridgehead atoms. The monoisotopic (exact) mass is 271 g/mol. The van der Waals surface area contributed by atoms with E-state index in [-0.39, 0.29) is 18.2 Å². The number of ether oxygens (including phenoxy) is 2. The van der Waals surface area contributed by atoms with Gasteiger partial charge >= 0.3 is 0 Å². The minimum atomic E-state index is -3.56. The van der Waals surface area contributed by atoms with Crippen LogP contribution < -0.4 is 9.47 Å². The van der Waals surface area contributed by atoms with E-state index < -0.39 is 16.1 Å². The van der Waals surface area contributed by atoms with Crippen LogP contribution in [-0.2, 0) is 10.0 Å². The van der Waals surface area contributed by atoms with E-state index in [1.165, 1.54) is 16.4 Å². The lowest BCUT2D eigenvalue weighted by atomic mass is 10.3. The Hall–Kier alpha value is -1.31. The minimum absolute atomic E-state index is 0.112. The summed E-state index contributed by atoms with van der Waals surface area (Å²) in [7, 11) is -3.56. The van der Waals surface area contributed by atoms with Gasteiger partial charge < -0.3 is 14.6 Å². The highest BCUT2D eigenvalue weighted by molar-refractivity contribution is 7.89. The smallest absolute Gasteiger partial charge is 0.243 e. The third-order valence-electron chi connectivity index (χ3n) is 3.11. The van der Waals surface area contributed by atoms with Crippen molar-refractivity contribution in [3.05, 3.63) is 18.2 Å². The standard InChI is InChI=1S/C11H13NO5S/c13-8-3-4-12(6-8)18(14,15)9-1-2-10-11(5-9)17-7-16-10/h1-2,5,8,13H,3-4,6-7H2. The summed E-state index contributed by atoms with van der Waals surface area (Å²) in [5.41, 5.74) is 0. The quantitative estimate of drug-likeness (QED) is 0.830. The fourth-order valence-corrected chi connectivity index (χ4v) is 3.62. The number of aliphatic hydroxyl groups excluding tert-OH is 1. The molecule has 2 aliphatic rings. The first kappa shape index (κ1) is 11.8. The highest BCUT2D eigenvalue weighted by atomic mass is 32.2. The molecule has 2 aliphatic heterocycles. The van der Waals surface area contributed by atoms with Gasteiger partial charge in [0.15, 0.2) is 11.5 Å².